The van der Waals surface area contributed by atoms with E-state index in [0.717, 1.165) is 11.6 Å². The van der Waals surface area contributed by atoms with Crippen LogP contribution in [0.5, 0.6) is 0 Å². The van der Waals surface area contributed by atoms with Gasteiger partial charge in [0.25, 0.3) is 5.91 Å². The van der Waals surface area contributed by atoms with Gasteiger partial charge in [0.15, 0.2) is 5.69 Å². The number of rotatable bonds is 2. The molecule has 1 aliphatic rings. The highest BCUT2D eigenvalue weighted by Gasteiger charge is 2.38. The second kappa shape index (κ2) is 7.64. The van der Waals surface area contributed by atoms with Gasteiger partial charge in [-0.25, -0.2) is 4.39 Å². The van der Waals surface area contributed by atoms with Crippen molar-refractivity contribution in [3.8, 4) is 11.4 Å². The normalized spacial score (nSPS) is 16.2. The van der Waals surface area contributed by atoms with Crippen molar-refractivity contribution in [2.24, 2.45) is 14.1 Å². The zero-order chi connectivity index (χ0) is 24.4. The molecule has 1 amide bonds. The molecule has 1 atom stereocenters. The van der Waals surface area contributed by atoms with Crippen LogP contribution in [-0.2, 0) is 26.7 Å². The van der Waals surface area contributed by atoms with Gasteiger partial charge < -0.3 is 4.90 Å². The van der Waals surface area contributed by atoms with Gasteiger partial charge in [-0.3, -0.25) is 19.1 Å². The Bertz CT molecular complexity index is 1440. The summed E-state index contributed by atoms with van der Waals surface area (Å²) in [5.41, 5.74) is 1.52. The summed E-state index contributed by atoms with van der Waals surface area (Å²) in [6, 6.07) is 5.09. The van der Waals surface area contributed by atoms with Crippen LogP contribution in [0.1, 0.15) is 40.3 Å². The van der Waals surface area contributed by atoms with Gasteiger partial charge in [0.1, 0.15) is 5.82 Å². The number of carbonyl (C=O) groups excluding carboxylic acids is 1. The van der Waals surface area contributed by atoms with E-state index in [9.17, 15) is 22.4 Å². The Hall–Kier alpha value is -3.76. The number of hydrogen-bond acceptors (Lipinski definition) is 4. The quantitative estimate of drug-likeness (QED) is 0.409. The van der Waals surface area contributed by atoms with E-state index in [2.05, 4.69) is 15.2 Å². The highest BCUT2D eigenvalue weighted by atomic mass is 19.4. The first-order valence-electron chi connectivity index (χ1n) is 10.6. The molecule has 1 aromatic carbocycles. The summed E-state index contributed by atoms with van der Waals surface area (Å²) in [5, 5.41) is 8.89. The third-order valence-electron chi connectivity index (χ3n) is 6.30. The Kier molecular flexibility index (Phi) is 4.96. The average Bonchev–Trinajstić information content (AvgIpc) is 3.33. The first-order chi connectivity index (χ1) is 16.1. The molecule has 4 aromatic rings. The molecular formula is C23H20F4N6O. The van der Waals surface area contributed by atoms with Gasteiger partial charge in [-0.15, -0.1) is 0 Å². The average molecular weight is 472 g/mol. The molecule has 0 spiro atoms. The van der Waals surface area contributed by atoms with Crippen LogP contribution in [-0.4, -0.2) is 41.9 Å². The molecule has 0 aliphatic carbocycles. The number of alkyl halides is 3. The van der Waals surface area contributed by atoms with Gasteiger partial charge in [0, 0.05) is 49.4 Å². The molecule has 0 bridgehead atoms. The van der Waals surface area contributed by atoms with Crippen LogP contribution in [0.2, 0.25) is 0 Å². The number of hydrogen-bond donors (Lipinski definition) is 0. The van der Waals surface area contributed by atoms with E-state index >= 15 is 0 Å². The monoisotopic (exact) mass is 472 g/mol. The molecule has 1 unspecified atom stereocenters. The van der Waals surface area contributed by atoms with Crippen molar-refractivity contribution in [1.82, 2.24) is 29.4 Å². The largest absolute Gasteiger partial charge is 0.435 e. The lowest BCUT2D eigenvalue weighted by atomic mass is 9.96. The number of carbonyl (C=O) groups is 1. The van der Waals surface area contributed by atoms with Gasteiger partial charge >= 0.3 is 6.18 Å². The minimum absolute atomic E-state index is 0.260. The van der Waals surface area contributed by atoms with Crippen LogP contribution in [0, 0.1) is 5.82 Å². The van der Waals surface area contributed by atoms with Crippen LogP contribution in [0.3, 0.4) is 0 Å². The Labute approximate surface area is 191 Å². The van der Waals surface area contributed by atoms with Gasteiger partial charge in [-0.05, 0) is 25.5 Å². The number of benzene rings is 1. The van der Waals surface area contributed by atoms with Crippen LogP contribution >= 0.6 is 0 Å². The number of nitrogens with zero attached hydrogens (tertiary/aromatic N) is 6. The summed E-state index contributed by atoms with van der Waals surface area (Å²) in [4.78, 5) is 19.1. The fourth-order valence-electron chi connectivity index (χ4n) is 4.65. The lowest BCUT2D eigenvalue weighted by Gasteiger charge is -2.33. The maximum atomic E-state index is 14.2. The molecule has 176 valence electrons. The molecule has 0 radical (unpaired) electrons. The fourth-order valence-corrected chi connectivity index (χ4v) is 4.65. The summed E-state index contributed by atoms with van der Waals surface area (Å²) < 4.78 is 56.5. The topological polar surface area (TPSA) is 68.8 Å². The van der Waals surface area contributed by atoms with Crippen LogP contribution in [0.25, 0.3) is 22.2 Å². The SMILES string of the molecule is CC1c2nn(C)c(-c3cc(C(F)(F)F)nn3C)c2CCN1C(=O)c1cncc2c(F)cccc12. The van der Waals surface area contributed by atoms with Crippen molar-refractivity contribution < 1.29 is 22.4 Å². The third kappa shape index (κ3) is 3.34. The molecule has 5 rings (SSSR count). The molecule has 11 heteroatoms. The lowest BCUT2D eigenvalue weighted by Crippen LogP contribution is -2.39. The predicted octanol–water partition coefficient (Wildman–Crippen LogP) is 4.29. The fraction of sp³-hybridized carbons (Fsp3) is 0.304. The van der Waals surface area contributed by atoms with Crippen molar-refractivity contribution in [2.45, 2.75) is 25.6 Å². The summed E-state index contributed by atoms with van der Waals surface area (Å²) in [5.74, 6) is -0.772. The molecule has 3 aromatic heterocycles. The first-order valence-corrected chi connectivity index (χ1v) is 10.6. The Morgan fingerprint density at radius 3 is 2.56 bits per heavy atom. The molecular weight excluding hydrogens is 452 g/mol. The van der Waals surface area contributed by atoms with Crippen LogP contribution < -0.4 is 0 Å². The molecule has 34 heavy (non-hydrogen) atoms. The summed E-state index contributed by atoms with van der Waals surface area (Å²) in [6.45, 7) is 2.14. The molecule has 4 heterocycles. The Morgan fingerprint density at radius 2 is 1.85 bits per heavy atom. The Balaban J connectivity index is 1.53. The van der Waals surface area contributed by atoms with E-state index in [0.29, 0.717) is 35.4 Å². The van der Waals surface area contributed by atoms with E-state index in [4.69, 9.17) is 0 Å². The minimum atomic E-state index is -4.56. The number of fused-ring (bicyclic) bond motifs is 2. The van der Waals surface area contributed by atoms with Crippen LogP contribution in [0.15, 0.2) is 36.7 Å². The van der Waals surface area contributed by atoms with E-state index in [1.165, 1.54) is 34.9 Å². The Morgan fingerprint density at radius 1 is 1.09 bits per heavy atom. The summed E-state index contributed by atoms with van der Waals surface area (Å²) >= 11 is 0. The standard InChI is InChI=1S/C23H20F4N6O/c1-12-20-14(21(32(3)30-20)18-9-19(23(25,26)27)29-31(18)2)7-8-33(12)22(34)16-11-28-10-15-13(16)5-4-6-17(15)24/h4-6,9-12H,7-8H2,1-3H3. The number of halogens is 4. The molecule has 0 N–H and O–H groups in total. The number of aromatic nitrogens is 5. The molecule has 0 saturated heterocycles. The summed E-state index contributed by atoms with van der Waals surface area (Å²) in [6.07, 6.45) is -1.36. The lowest BCUT2D eigenvalue weighted by molar-refractivity contribution is -0.141. The maximum Gasteiger partial charge on any atom is 0.435 e. The number of amides is 1. The van der Waals surface area contributed by atoms with Gasteiger partial charge in [-0.2, -0.15) is 23.4 Å². The van der Waals surface area contributed by atoms with Gasteiger partial charge in [0.2, 0.25) is 0 Å². The molecule has 7 nitrogen and oxygen atoms in total. The molecule has 1 aliphatic heterocycles. The zero-order valence-corrected chi connectivity index (χ0v) is 18.6. The molecule has 0 fully saturated rings. The highest BCUT2D eigenvalue weighted by molar-refractivity contribution is 6.06. The second-order valence-corrected chi connectivity index (χ2v) is 8.32. The van der Waals surface area contributed by atoms with E-state index < -0.39 is 23.7 Å². The molecule has 0 saturated carbocycles. The first kappa shape index (κ1) is 22.1. The van der Waals surface area contributed by atoms with E-state index in [1.54, 1.807) is 24.1 Å². The third-order valence-corrected chi connectivity index (χ3v) is 6.30. The highest BCUT2D eigenvalue weighted by Crippen LogP contribution is 2.38. The van der Waals surface area contributed by atoms with Gasteiger partial charge in [0.05, 0.1) is 28.7 Å². The van der Waals surface area contributed by atoms with Crippen molar-refractivity contribution in [2.75, 3.05) is 6.54 Å². The smallest absolute Gasteiger partial charge is 0.330 e. The van der Waals surface area contributed by atoms with Gasteiger partial charge in [-0.1, -0.05) is 12.1 Å². The zero-order valence-electron chi connectivity index (χ0n) is 18.6. The van der Waals surface area contributed by atoms with Crippen molar-refractivity contribution in [3.05, 3.63) is 65.0 Å². The van der Waals surface area contributed by atoms with Crippen molar-refractivity contribution in [3.63, 3.8) is 0 Å². The summed E-state index contributed by atoms with van der Waals surface area (Å²) in [7, 11) is 3.11. The minimum Gasteiger partial charge on any atom is -0.330 e. The van der Waals surface area contributed by atoms with Crippen molar-refractivity contribution >= 4 is 16.7 Å². The van der Waals surface area contributed by atoms with E-state index in [-0.39, 0.29) is 16.9 Å². The predicted molar refractivity (Wildman–Crippen MR) is 115 cm³/mol. The number of pyridine rings is 1. The van der Waals surface area contributed by atoms with Crippen molar-refractivity contribution in [1.29, 1.82) is 0 Å². The maximum absolute atomic E-state index is 14.2. The number of aryl methyl sites for hydroxylation is 2. The van der Waals surface area contributed by atoms with E-state index in [1.807, 2.05) is 6.92 Å². The second-order valence-electron chi connectivity index (χ2n) is 8.32. The van der Waals surface area contributed by atoms with Crippen LogP contribution in [0.4, 0.5) is 17.6 Å².